The number of methoxy groups -OCH3 is 1. The van der Waals surface area contributed by atoms with Crippen LogP contribution in [0.2, 0.25) is 0 Å². The lowest BCUT2D eigenvalue weighted by Crippen LogP contribution is -2.09. The molecule has 0 saturated carbocycles. The quantitative estimate of drug-likeness (QED) is 0.257. The summed E-state index contributed by atoms with van der Waals surface area (Å²) in [5, 5.41) is 8.68. The number of hydrogen-bond acceptors (Lipinski definition) is 8. The third kappa shape index (κ3) is 4.75. The van der Waals surface area contributed by atoms with Gasteiger partial charge >= 0.3 is 5.97 Å². The summed E-state index contributed by atoms with van der Waals surface area (Å²) in [6, 6.07) is 4.49. The summed E-state index contributed by atoms with van der Waals surface area (Å²) >= 11 is 0. The summed E-state index contributed by atoms with van der Waals surface area (Å²) in [6.45, 7) is 5.36. The highest BCUT2D eigenvalue weighted by atomic mass is 16.5. The fraction of sp³-hybridized carbons (Fsp3) is 0.423. The molecule has 0 fully saturated rings. The van der Waals surface area contributed by atoms with Crippen LogP contribution in [0, 0.1) is 6.92 Å². The van der Waals surface area contributed by atoms with E-state index in [-0.39, 0.29) is 12.6 Å². The highest BCUT2D eigenvalue weighted by Gasteiger charge is 2.18. The van der Waals surface area contributed by atoms with Crippen LogP contribution in [0.4, 0.5) is 0 Å². The molecular formula is C26H30N6O4. The van der Waals surface area contributed by atoms with Crippen LogP contribution in [0.15, 0.2) is 30.7 Å². The minimum Gasteiger partial charge on any atom is -0.493 e. The van der Waals surface area contributed by atoms with Crippen LogP contribution in [0.3, 0.4) is 0 Å². The van der Waals surface area contributed by atoms with Gasteiger partial charge in [0, 0.05) is 19.2 Å². The van der Waals surface area contributed by atoms with Gasteiger partial charge in [0.1, 0.15) is 16.8 Å². The number of fused-ring (bicyclic) bond motifs is 2. The lowest BCUT2D eigenvalue weighted by atomic mass is 9.90. The zero-order valence-corrected chi connectivity index (χ0v) is 20.9. The molecule has 1 aliphatic carbocycles. The average molecular weight is 491 g/mol. The molecule has 0 aliphatic heterocycles. The molecule has 0 radical (unpaired) electrons. The number of rotatable bonds is 9. The number of aryl methyl sites for hydroxylation is 4. The Bertz CT molecular complexity index is 1390. The molecular weight excluding hydrogens is 460 g/mol. The summed E-state index contributed by atoms with van der Waals surface area (Å²) in [4.78, 5) is 21.0. The van der Waals surface area contributed by atoms with Gasteiger partial charge in [-0.05, 0) is 62.3 Å². The van der Waals surface area contributed by atoms with E-state index in [0.29, 0.717) is 35.6 Å². The van der Waals surface area contributed by atoms with Crippen LogP contribution in [0.5, 0.6) is 11.6 Å². The Morgan fingerprint density at radius 3 is 2.67 bits per heavy atom. The van der Waals surface area contributed by atoms with Gasteiger partial charge in [-0.2, -0.15) is 15.2 Å². The van der Waals surface area contributed by atoms with Crippen molar-refractivity contribution in [2.24, 2.45) is 0 Å². The molecule has 0 atom stereocenters. The minimum atomic E-state index is -0.447. The first-order valence-corrected chi connectivity index (χ1v) is 12.3. The largest absolute Gasteiger partial charge is 0.493 e. The standard InChI is InChI=1S/C26H30N6O4/c1-4-35-25(33)20-14-27-32(16-20)26-29-21-15-28-31(23(21)24(30-26)34-3)10-7-11-36-22-13-19-9-6-5-8-18(19)12-17(22)2/h12-16H,4-11H2,1-3H3. The average Bonchev–Trinajstić information content (AvgIpc) is 3.54. The molecule has 36 heavy (non-hydrogen) atoms. The molecule has 0 bridgehead atoms. The summed E-state index contributed by atoms with van der Waals surface area (Å²) in [6.07, 6.45) is 10.2. The Morgan fingerprint density at radius 1 is 1.08 bits per heavy atom. The second kappa shape index (κ2) is 10.3. The van der Waals surface area contributed by atoms with E-state index in [1.165, 1.54) is 53.0 Å². The Kier molecular flexibility index (Phi) is 6.84. The summed E-state index contributed by atoms with van der Waals surface area (Å²) < 4.78 is 19.9. The Morgan fingerprint density at radius 2 is 1.89 bits per heavy atom. The van der Waals surface area contributed by atoms with Crippen molar-refractivity contribution in [3.63, 3.8) is 0 Å². The molecule has 10 heteroatoms. The number of benzene rings is 1. The van der Waals surface area contributed by atoms with Crippen LogP contribution in [0.25, 0.3) is 17.0 Å². The maximum atomic E-state index is 12.0. The van der Waals surface area contributed by atoms with Crippen LogP contribution in [-0.4, -0.2) is 55.8 Å². The van der Waals surface area contributed by atoms with Crippen LogP contribution in [0.1, 0.15) is 53.2 Å². The molecule has 188 valence electrons. The summed E-state index contributed by atoms with van der Waals surface area (Å²) in [7, 11) is 1.55. The van der Waals surface area contributed by atoms with Gasteiger partial charge in [0.05, 0.1) is 38.3 Å². The molecule has 3 aromatic heterocycles. The zero-order chi connectivity index (χ0) is 25.1. The van der Waals surface area contributed by atoms with Crippen molar-refractivity contribution in [1.29, 1.82) is 0 Å². The molecule has 4 aromatic rings. The van der Waals surface area contributed by atoms with Gasteiger partial charge in [-0.25, -0.2) is 14.5 Å². The van der Waals surface area contributed by atoms with E-state index in [0.717, 1.165) is 18.6 Å². The highest BCUT2D eigenvalue weighted by molar-refractivity contribution is 5.88. The molecule has 0 saturated heterocycles. The van der Waals surface area contributed by atoms with Gasteiger partial charge in [-0.3, -0.25) is 4.68 Å². The first-order chi connectivity index (χ1) is 17.6. The molecule has 0 N–H and O–H groups in total. The van der Waals surface area contributed by atoms with Crippen molar-refractivity contribution >= 4 is 17.0 Å². The second-order valence-electron chi connectivity index (χ2n) is 8.82. The molecule has 10 nitrogen and oxygen atoms in total. The van der Waals surface area contributed by atoms with Crippen molar-refractivity contribution in [2.75, 3.05) is 20.3 Å². The lowest BCUT2D eigenvalue weighted by molar-refractivity contribution is 0.0526. The molecule has 3 heterocycles. The van der Waals surface area contributed by atoms with Crippen molar-refractivity contribution < 1.29 is 19.0 Å². The normalized spacial score (nSPS) is 13.0. The number of carbonyl (C=O) groups is 1. The van der Waals surface area contributed by atoms with Gasteiger partial charge in [-0.1, -0.05) is 6.07 Å². The lowest BCUT2D eigenvalue weighted by Gasteiger charge is -2.19. The predicted octanol–water partition coefficient (Wildman–Crippen LogP) is 3.85. The molecule has 5 rings (SSSR count). The summed E-state index contributed by atoms with van der Waals surface area (Å²) in [5.41, 5.74) is 5.72. The Labute approximate surface area is 209 Å². The smallest absolute Gasteiger partial charge is 0.341 e. The first kappa shape index (κ1) is 23.8. The van der Waals surface area contributed by atoms with Crippen molar-refractivity contribution in [1.82, 2.24) is 29.5 Å². The fourth-order valence-electron chi connectivity index (χ4n) is 4.56. The molecule has 1 aromatic carbocycles. The van der Waals surface area contributed by atoms with E-state index >= 15 is 0 Å². The fourth-order valence-corrected chi connectivity index (χ4v) is 4.56. The molecule has 0 amide bonds. The number of ether oxygens (including phenoxy) is 3. The highest BCUT2D eigenvalue weighted by Crippen LogP contribution is 2.29. The van der Waals surface area contributed by atoms with Crippen LogP contribution < -0.4 is 9.47 Å². The third-order valence-electron chi connectivity index (χ3n) is 6.35. The van der Waals surface area contributed by atoms with E-state index in [9.17, 15) is 4.79 Å². The molecule has 0 spiro atoms. The molecule has 1 aliphatic rings. The van der Waals surface area contributed by atoms with Gasteiger partial charge in [0.25, 0.3) is 5.95 Å². The number of nitrogens with zero attached hydrogens (tertiary/aromatic N) is 6. The topological polar surface area (TPSA) is 106 Å². The maximum absolute atomic E-state index is 12.0. The SMILES string of the molecule is CCOC(=O)c1cnn(-c2nc(OC)c3c(cnn3CCCOc3cc4c(cc3C)CCCC4)n2)c1. The van der Waals surface area contributed by atoms with Gasteiger partial charge in [0.15, 0.2) is 0 Å². The van der Waals surface area contributed by atoms with E-state index in [2.05, 4.69) is 39.2 Å². The summed E-state index contributed by atoms with van der Waals surface area (Å²) in [5.74, 6) is 1.18. The van der Waals surface area contributed by atoms with E-state index in [1.54, 1.807) is 20.2 Å². The van der Waals surface area contributed by atoms with E-state index < -0.39 is 5.97 Å². The van der Waals surface area contributed by atoms with Gasteiger partial charge in [-0.15, -0.1) is 0 Å². The third-order valence-corrected chi connectivity index (χ3v) is 6.35. The van der Waals surface area contributed by atoms with E-state index in [1.807, 2.05) is 4.68 Å². The predicted molar refractivity (Wildman–Crippen MR) is 133 cm³/mol. The van der Waals surface area contributed by atoms with Crippen LogP contribution in [-0.2, 0) is 24.1 Å². The minimum absolute atomic E-state index is 0.278. The number of esters is 1. The van der Waals surface area contributed by atoms with Crippen LogP contribution >= 0.6 is 0 Å². The number of carbonyl (C=O) groups excluding carboxylic acids is 1. The number of hydrogen-bond donors (Lipinski definition) is 0. The Balaban J connectivity index is 1.28. The van der Waals surface area contributed by atoms with Crippen molar-refractivity contribution in [3.05, 3.63) is 53.0 Å². The number of aromatic nitrogens is 6. The van der Waals surface area contributed by atoms with E-state index in [4.69, 9.17) is 14.2 Å². The van der Waals surface area contributed by atoms with Gasteiger partial charge in [0.2, 0.25) is 5.88 Å². The zero-order valence-electron chi connectivity index (χ0n) is 20.9. The van der Waals surface area contributed by atoms with Gasteiger partial charge < -0.3 is 14.2 Å². The van der Waals surface area contributed by atoms with Crippen molar-refractivity contribution in [2.45, 2.75) is 52.5 Å². The molecule has 0 unspecified atom stereocenters. The monoisotopic (exact) mass is 490 g/mol. The van der Waals surface area contributed by atoms with Crippen molar-refractivity contribution in [3.8, 4) is 17.6 Å². The Hall–Kier alpha value is -3.95. The maximum Gasteiger partial charge on any atom is 0.341 e. The first-order valence-electron chi connectivity index (χ1n) is 12.3. The second-order valence-corrected chi connectivity index (χ2v) is 8.82.